The van der Waals surface area contributed by atoms with Gasteiger partial charge in [0.25, 0.3) is 0 Å². The molecule has 3 nitrogen and oxygen atoms in total. The number of hydrogen-bond acceptors (Lipinski definition) is 2. The molecule has 102 valence electrons. The lowest BCUT2D eigenvalue weighted by Crippen LogP contribution is -2.26. The predicted octanol–water partition coefficient (Wildman–Crippen LogP) is 3.86. The molecule has 1 N–H and O–H groups in total. The van der Waals surface area contributed by atoms with E-state index in [2.05, 4.69) is 51.3 Å². The summed E-state index contributed by atoms with van der Waals surface area (Å²) < 4.78 is 3.35. The van der Waals surface area contributed by atoms with Gasteiger partial charge in [-0.3, -0.25) is 0 Å². The van der Waals surface area contributed by atoms with Crippen LogP contribution in [0.25, 0.3) is 0 Å². The molecule has 0 radical (unpaired) electrons. The van der Waals surface area contributed by atoms with Crippen molar-refractivity contribution in [2.75, 3.05) is 6.54 Å². The van der Waals surface area contributed by atoms with Crippen molar-refractivity contribution in [1.82, 2.24) is 14.9 Å². The monoisotopic (exact) mass is 389 g/mol. The quantitative estimate of drug-likeness (QED) is 0.787. The van der Waals surface area contributed by atoms with Crippen molar-refractivity contribution >= 4 is 34.2 Å². The van der Waals surface area contributed by atoms with Crippen LogP contribution in [0.15, 0.2) is 30.6 Å². The van der Waals surface area contributed by atoms with Crippen molar-refractivity contribution in [3.63, 3.8) is 0 Å². The fourth-order valence-electron chi connectivity index (χ4n) is 2.13. The summed E-state index contributed by atoms with van der Waals surface area (Å²) in [6, 6.07) is 6.06. The maximum absolute atomic E-state index is 6.14. The SMILES string of the molecule is CCNC(c1cc(Cl)ccc1I)c1nccn1CC. The Morgan fingerprint density at radius 2 is 2.21 bits per heavy atom. The standard InChI is InChI=1S/C14H17ClIN3/c1-3-17-13(14-18-7-8-19(14)4-2)11-9-10(15)5-6-12(11)16/h5-9,13,17H,3-4H2,1-2H3. The molecule has 0 amide bonds. The summed E-state index contributed by atoms with van der Waals surface area (Å²) in [7, 11) is 0. The summed E-state index contributed by atoms with van der Waals surface area (Å²) in [6.45, 7) is 6.01. The Morgan fingerprint density at radius 3 is 2.89 bits per heavy atom. The minimum atomic E-state index is 0.0746. The second kappa shape index (κ2) is 6.72. The zero-order chi connectivity index (χ0) is 13.8. The van der Waals surface area contributed by atoms with Crippen LogP contribution in [0.5, 0.6) is 0 Å². The fraction of sp³-hybridized carbons (Fsp3) is 0.357. The Bertz CT molecular complexity index is 553. The highest BCUT2D eigenvalue weighted by Crippen LogP contribution is 2.28. The van der Waals surface area contributed by atoms with E-state index >= 15 is 0 Å². The predicted molar refractivity (Wildman–Crippen MR) is 87.6 cm³/mol. The van der Waals surface area contributed by atoms with Gasteiger partial charge in [0.1, 0.15) is 5.82 Å². The third-order valence-electron chi connectivity index (χ3n) is 3.02. The van der Waals surface area contributed by atoms with Gasteiger partial charge in [-0.2, -0.15) is 0 Å². The van der Waals surface area contributed by atoms with E-state index in [1.807, 2.05) is 30.6 Å². The lowest BCUT2D eigenvalue weighted by atomic mass is 10.1. The third-order valence-corrected chi connectivity index (χ3v) is 4.24. The van der Waals surface area contributed by atoms with Crippen molar-refractivity contribution in [2.45, 2.75) is 26.4 Å². The van der Waals surface area contributed by atoms with Gasteiger partial charge in [0.2, 0.25) is 0 Å². The molecular weight excluding hydrogens is 373 g/mol. The number of hydrogen-bond donors (Lipinski definition) is 1. The Hall–Kier alpha value is -0.590. The average Bonchev–Trinajstić information content (AvgIpc) is 2.87. The zero-order valence-corrected chi connectivity index (χ0v) is 13.9. The Labute approximate surface area is 132 Å². The summed E-state index contributed by atoms with van der Waals surface area (Å²) in [5.74, 6) is 1.03. The van der Waals surface area contributed by atoms with Crippen molar-refractivity contribution in [2.24, 2.45) is 0 Å². The lowest BCUT2D eigenvalue weighted by molar-refractivity contribution is 0.557. The molecule has 1 atom stereocenters. The smallest absolute Gasteiger partial charge is 0.130 e. The minimum absolute atomic E-state index is 0.0746. The molecular formula is C14H17ClIN3. The molecule has 2 aromatic rings. The van der Waals surface area contributed by atoms with Crippen LogP contribution in [0.4, 0.5) is 0 Å². The number of imidazole rings is 1. The van der Waals surface area contributed by atoms with Gasteiger partial charge in [0.15, 0.2) is 0 Å². The molecule has 1 aromatic carbocycles. The van der Waals surface area contributed by atoms with Crippen LogP contribution >= 0.6 is 34.2 Å². The number of rotatable bonds is 5. The van der Waals surface area contributed by atoms with Crippen molar-refractivity contribution in [3.8, 4) is 0 Å². The molecule has 1 unspecified atom stereocenters. The third kappa shape index (κ3) is 3.30. The van der Waals surface area contributed by atoms with E-state index in [1.54, 1.807) is 0 Å². The maximum atomic E-state index is 6.14. The molecule has 0 aliphatic heterocycles. The minimum Gasteiger partial charge on any atom is -0.334 e. The van der Waals surface area contributed by atoms with Gasteiger partial charge in [-0.15, -0.1) is 0 Å². The van der Waals surface area contributed by atoms with Crippen LogP contribution < -0.4 is 5.32 Å². The molecule has 0 spiro atoms. The maximum Gasteiger partial charge on any atom is 0.130 e. The first-order chi connectivity index (χ1) is 9.17. The van der Waals surface area contributed by atoms with Gasteiger partial charge in [-0.05, 0) is 59.8 Å². The van der Waals surface area contributed by atoms with Gasteiger partial charge in [-0.25, -0.2) is 4.98 Å². The molecule has 0 bridgehead atoms. The van der Waals surface area contributed by atoms with Gasteiger partial charge in [-0.1, -0.05) is 18.5 Å². The molecule has 19 heavy (non-hydrogen) atoms. The van der Waals surface area contributed by atoms with Crippen LogP contribution in [0, 0.1) is 3.57 Å². The average molecular weight is 390 g/mol. The Kier molecular flexibility index (Phi) is 5.24. The van der Waals surface area contributed by atoms with Gasteiger partial charge >= 0.3 is 0 Å². The summed E-state index contributed by atoms with van der Waals surface area (Å²) in [4.78, 5) is 4.51. The lowest BCUT2D eigenvalue weighted by Gasteiger charge is -2.20. The molecule has 0 aliphatic carbocycles. The number of benzene rings is 1. The molecule has 1 heterocycles. The first-order valence-electron chi connectivity index (χ1n) is 6.36. The molecule has 0 saturated carbocycles. The largest absolute Gasteiger partial charge is 0.334 e. The second-order valence-electron chi connectivity index (χ2n) is 4.23. The van der Waals surface area contributed by atoms with E-state index in [9.17, 15) is 0 Å². The zero-order valence-electron chi connectivity index (χ0n) is 11.0. The summed E-state index contributed by atoms with van der Waals surface area (Å²) >= 11 is 8.48. The normalized spacial score (nSPS) is 12.6. The van der Waals surface area contributed by atoms with E-state index in [1.165, 1.54) is 9.13 Å². The van der Waals surface area contributed by atoms with Gasteiger partial charge in [0, 0.05) is 27.5 Å². The first-order valence-corrected chi connectivity index (χ1v) is 7.82. The number of nitrogens with zero attached hydrogens (tertiary/aromatic N) is 2. The Balaban J connectivity index is 2.48. The molecule has 5 heteroatoms. The number of aryl methyl sites for hydroxylation is 1. The molecule has 0 saturated heterocycles. The molecule has 1 aromatic heterocycles. The van der Waals surface area contributed by atoms with Crippen LogP contribution in [0.2, 0.25) is 5.02 Å². The molecule has 2 rings (SSSR count). The highest BCUT2D eigenvalue weighted by Gasteiger charge is 2.20. The van der Waals surface area contributed by atoms with Crippen molar-refractivity contribution < 1.29 is 0 Å². The van der Waals surface area contributed by atoms with Gasteiger partial charge in [0.05, 0.1) is 6.04 Å². The van der Waals surface area contributed by atoms with Crippen LogP contribution in [0.1, 0.15) is 31.3 Å². The first kappa shape index (κ1) is 14.8. The van der Waals surface area contributed by atoms with Crippen LogP contribution in [-0.2, 0) is 6.54 Å². The summed E-state index contributed by atoms with van der Waals surface area (Å²) in [6.07, 6.45) is 3.86. The number of halogens is 2. The van der Waals surface area contributed by atoms with Crippen LogP contribution in [0.3, 0.4) is 0 Å². The molecule has 0 aliphatic rings. The van der Waals surface area contributed by atoms with E-state index in [0.717, 1.165) is 23.9 Å². The second-order valence-corrected chi connectivity index (χ2v) is 5.83. The summed E-state index contributed by atoms with van der Waals surface area (Å²) in [5, 5.41) is 4.25. The summed E-state index contributed by atoms with van der Waals surface area (Å²) in [5.41, 5.74) is 1.18. The number of aromatic nitrogens is 2. The van der Waals surface area contributed by atoms with E-state index in [0.29, 0.717) is 0 Å². The van der Waals surface area contributed by atoms with E-state index in [4.69, 9.17) is 11.6 Å². The highest BCUT2D eigenvalue weighted by molar-refractivity contribution is 14.1. The Morgan fingerprint density at radius 1 is 1.42 bits per heavy atom. The van der Waals surface area contributed by atoms with Crippen molar-refractivity contribution in [3.05, 3.63) is 50.6 Å². The van der Waals surface area contributed by atoms with Crippen molar-refractivity contribution in [1.29, 1.82) is 0 Å². The van der Waals surface area contributed by atoms with E-state index < -0.39 is 0 Å². The van der Waals surface area contributed by atoms with Gasteiger partial charge < -0.3 is 9.88 Å². The topological polar surface area (TPSA) is 29.9 Å². The van der Waals surface area contributed by atoms with Crippen LogP contribution in [-0.4, -0.2) is 16.1 Å². The molecule has 0 fully saturated rings. The highest BCUT2D eigenvalue weighted by atomic mass is 127. The van der Waals surface area contributed by atoms with E-state index in [-0.39, 0.29) is 6.04 Å². The fourth-order valence-corrected chi connectivity index (χ4v) is 2.96. The number of nitrogens with one attached hydrogen (secondary N) is 1.